The van der Waals surface area contributed by atoms with Gasteiger partial charge in [-0.15, -0.1) is 0 Å². The van der Waals surface area contributed by atoms with Crippen LogP contribution in [0.3, 0.4) is 0 Å². The second-order valence-corrected chi connectivity index (χ2v) is 9.02. The molecule has 5 nitrogen and oxygen atoms in total. The van der Waals surface area contributed by atoms with Gasteiger partial charge in [-0.25, -0.2) is 0 Å². The van der Waals surface area contributed by atoms with Gasteiger partial charge < -0.3 is 14.9 Å². The molecule has 6 heteroatoms. The number of likely N-dealkylation sites (tertiary alicyclic amines) is 1. The lowest BCUT2D eigenvalue weighted by Crippen LogP contribution is -2.31. The number of halogens is 1. The summed E-state index contributed by atoms with van der Waals surface area (Å²) in [4.78, 5) is 17.8. The zero-order valence-electron chi connectivity index (χ0n) is 17.6. The first-order valence-corrected chi connectivity index (χ1v) is 11.1. The summed E-state index contributed by atoms with van der Waals surface area (Å²) in [6.07, 6.45) is 4.76. The van der Waals surface area contributed by atoms with E-state index in [0.29, 0.717) is 17.2 Å². The second kappa shape index (κ2) is 8.00. The normalized spacial score (nSPS) is 21.5. The van der Waals surface area contributed by atoms with Gasteiger partial charge >= 0.3 is 0 Å². The van der Waals surface area contributed by atoms with E-state index in [0.717, 1.165) is 43.8 Å². The van der Waals surface area contributed by atoms with Crippen LogP contribution in [0.1, 0.15) is 19.3 Å². The molecule has 1 aromatic heterocycles. The molecule has 0 saturated carbocycles. The molecule has 2 aromatic carbocycles. The van der Waals surface area contributed by atoms with Crippen molar-refractivity contribution in [1.29, 1.82) is 0 Å². The van der Waals surface area contributed by atoms with E-state index < -0.39 is 0 Å². The highest BCUT2D eigenvalue weighted by atomic mass is 19.1. The number of phenolic OH excluding ortho intramolecular Hbond substituents is 1. The molecule has 0 amide bonds. The van der Waals surface area contributed by atoms with Crippen molar-refractivity contribution in [3.8, 4) is 11.4 Å². The maximum Gasteiger partial charge on any atom is 0.262 e. The molecular formula is C25H28FN3O2. The Hall–Kier alpha value is -2.86. The van der Waals surface area contributed by atoms with Crippen molar-refractivity contribution in [3.63, 3.8) is 0 Å². The molecule has 2 aliphatic heterocycles. The third-order valence-corrected chi connectivity index (χ3v) is 6.94. The summed E-state index contributed by atoms with van der Waals surface area (Å²) in [5, 5.41) is 11.0. The number of pyridine rings is 1. The monoisotopic (exact) mass is 421 g/mol. The van der Waals surface area contributed by atoms with Crippen LogP contribution in [0.25, 0.3) is 16.5 Å². The molecule has 31 heavy (non-hydrogen) atoms. The van der Waals surface area contributed by atoms with Gasteiger partial charge in [0.15, 0.2) is 0 Å². The van der Waals surface area contributed by atoms with Crippen molar-refractivity contribution in [2.24, 2.45) is 5.41 Å². The zero-order valence-corrected chi connectivity index (χ0v) is 17.6. The largest absolute Gasteiger partial charge is 0.508 e. The number of aromatic hydroxyl groups is 1. The van der Waals surface area contributed by atoms with Crippen molar-refractivity contribution < 1.29 is 9.50 Å². The number of anilines is 1. The van der Waals surface area contributed by atoms with E-state index in [1.165, 1.54) is 18.5 Å². The zero-order chi connectivity index (χ0) is 21.4. The van der Waals surface area contributed by atoms with Crippen LogP contribution in [0.15, 0.2) is 59.5 Å². The lowest BCUT2D eigenvalue weighted by atomic mass is 9.86. The molecule has 1 N–H and O–H groups in total. The number of hydrogen-bond donors (Lipinski definition) is 1. The Kier molecular flexibility index (Phi) is 5.18. The van der Waals surface area contributed by atoms with Crippen LogP contribution in [-0.2, 0) is 0 Å². The number of phenols is 1. The lowest BCUT2D eigenvalue weighted by Gasteiger charge is -2.25. The Bertz CT molecular complexity index is 1140. The molecule has 2 saturated heterocycles. The predicted molar refractivity (Wildman–Crippen MR) is 122 cm³/mol. The predicted octanol–water partition coefficient (Wildman–Crippen LogP) is 3.96. The summed E-state index contributed by atoms with van der Waals surface area (Å²) < 4.78 is 14.2. The standard InChI is InChI=1S/C25H28FN3O2/c26-11-1-12-27-14-9-25(17-27)10-15-28(18-25)20-2-4-21(5-3-20)29-13-8-19-16-22(30)6-7-23(19)24(29)31/h2-8,13,16,30H,1,9-12,14-15,17-18H2/t25-/m0/s1. The van der Waals surface area contributed by atoms with Crippen molar-refractivity contribution in [1.82, 2.24) is 9.47 Å². The van der Waals surface area contributed by atoms with Crippen LogP contribution in [0, 0.1) is 5.41 Å². The van der Waals surface area contributed by atoms with Crippen LogP contribution in [0.5, 0.6) is 5.75 Å². The topological polar surface area (TPSA) is 48.7 Å². The van der Waals surface area contributed by atoms with Crippen molar-refractivity contribution >= 4 is 16.5 Å². The van der Waals surface area contributed by atoms with E-state index >= 15 is 0 Å². The summed E-state index contributed by atoms with van der Waals surface area (Å²) in [5.74, 6) is 0.158. The molecule has 0 aliphatic carbocycles. The van der Waals surface area contributed by atoms with Crippen LogP contribution in [-0.4, -0.2) is 54.0 Å². The molecule has 162 valence electrons. The Morgan fingerprint density at radius 2 is 1.74 bits per heavy atom. The van der Waals surface area contributed by atoms with Gasteiger partial charge in [0.25, 0.3) is 5.56 Å². The average molecular weight is 422 g/mol. The Morgan fingerprint density at radius 3 is 2.55 bits per heavy atom. The third kappa shape index (κ3) is 3.81. The average Bonchev–Trinajstić information content (AvgIpc) is 3.39. The molecule has 1 atom stereocenters. The minimum Gasteiger partial charge on any atom is -0.508 e. The first-order chi connectivity index (χ1) is 15.1. The lowest BCUT2D eigenvalue weighted by molar-refractivity contribution is 0.264. The van der Waals surface area contributed by atoms with Crippen LogP contribution >= 0.6 is 0 Å². The van der Waals surface area contributed by atoms with E-state index in [1.807, 2.05) is 18.2 Å². The molecule has 0 bridgehead atoms. The smallest absolute Gasteiger partial charge is 0.262 e. The number of alkyl halides is 1. The summed E-state index contributed by atoms with van der Waals surface area (Å²) in [6.45, 7) is 4.87. The summed E-state index contributed by atoms with van der Waals surface area (Å²) in [6, 6.07) is 14.8. The fourth-order valence-electron chi connectivity index (χ4n) is 5.25. The van der Waals surface area contributed by atoms with Gasteiger partial charge in [-0.3, -0.25) is 13.8 Å². The highest BCUT2D eigenvalue weighted by Gasteiger charge is 2.43. The number of aromatic nitrogens is 1. The molecular weight excluding hydrogens is 393 g/mol. The molecule has 2 aliphatic rings. The summed E-state index contributed by atoms with van der Waals surface area (Å²) >= 11 is 0. The van der Waals surface area contributed by atoms with Gasteiger partial charge in [0.2, 0.25) is 0 Å². The molecule has 0 radical (unpaired) electrons. The maximum atomic E-state index is 12.9. The molecule has 3 heterocycles. The highest BCUT2D eigenvalue weighted by molar-refractivity contribution is 5.83. The van der Waals surface area contributed by atoms with Crippen molar-refractivity contribution in [3.05, 3.63) is 65.1 Å². The number of hydrogen-bond acceptors (Lipinski definition) is 4. The van der Waals surface area contributed by atoms with Gasteiger partial charge in [-0.1, -0.05) is 0 Å². The second-order valence-electron chi connectivity index (χ2n) is 9.02. The van der Waals surface area contributed by atoms with Gasteiger partial charge in [0.1, 0.15) is 5.75 Å². The molecule has 1 spiro atoms. The minimum atomic E-state index is -0.231. The van der Waals surface area contributed by atoms with Crippen LogP contribution in [0.4, 0.5) is 10.1 Å². The fraction of sp³-hybridized carbons (Fsp3) is 0.400. The third-order valence-electron chi connectivity index (χ3n) is 6.94. The van der Waals surface area contributed by atoms with Crippen LogP contribution in [0.2, 0.25) is 0 Å². The molecule has 5 rings (SSSR count). The number of fused-ring (bicyclic) bond motifs is 1. The quantitative estimate of drug-likeness (QED) is 0.678. The first-order valence-electron chi connectivity index (χ1n) is 11.1. The fourth-order valence-corrected chi connectivity index (χ4v) is 5.25. The minimum absolute atomic E-state index is 0.0929. The van der Waals surface area contributed by atoms with Gasteiger partial charge in [-0.05, 0) is 79.7 Å². The number of benzene rings is 2. The van der Waals surface area contributed by atoms with E-state index in [2.05, 4.69) is 21.9 Å². The summed E-state index contributed by atoms with van der Waals surface area (Å²) in [7, 11) is 0. The van der Waals surface area contributed by atoms with Crippen molar-refractivity contribution in [2.45, 2.75) is 19.3 Å². The first kappa shape index (κ1) is 20.1. The summed E-state index contributed by atoms with van der Waals surface area (Å²) in [5.41, 5.74) is 2.25. The number of rotatable bonds is 5. The molecule has 2 fully saturated rings. The molecule has 0 unspecified atom stereocenters. The van der Waals surface area contributed by atoms with E-state index in [9.17, 15) is 14.3 Å². The number of nitrogens with zero attached hydrogens (tertiary/aromatic N) is 3. The highest BCUT2D eigenvalue weighted by Crippen LogP contribution is 2.41. The Morgan fingerprint density at radius 1 is 0.968 bits per heavy atom. The van der Waals surface area contributed by atoms with E-state index in [1.54, 1.807) is 29.0 Å². The molecule has 3 aromatic rings. The van der Waals surface area contributed by atoms with Gasteiger partial charge in [0.05, 0.1) is 6.67 Å². The SMILES string of the molecule is O=c1c2ccc(O)cc2ccn1-c1ccc(N2CC[C@]3(CCN(CCCF)C3)C2)cc1. The Labute approximate surface area is 181 Å². The van der Waals surface area contributed by atoms with Crippen molar-refractivity contribution in [2.75, 3.05) is 44.3 Å². The Balaban J connectivity index is 1.32. The van der Waals surface area contributed by atoms with Gasteiger partial charge in [0, 0.05) is 54.6 Å². The van der Waals surface area contributed by atoms with E-state index in [-0.39, 0.29) is 18.0 Å². The van der Waals surface area contributed by atoms with E-state index in [4.69, 9.17) is 0 Å². The van der Waals surface area contributed by atoms with Crippen LogP contribution < -0.4 is 10.5 Å². The maximum absolute atomic E-state index is 12.9. The van der Waals surface area contributed by atoms with Gasteiger partial charge in [-0.2, -0.15) is 0 Å².